The van der Waals surface area contributed by atoms with E-state index < -0.39 is 5.97 Å². The Morgan fingerprint density at radius 2 is 2.17 bits per heavy atom. The molecule has 2 N–H and O–H groups in total. The van der Waals surface area contributed by atoms with Crippen molar-refractivity contribution in [2.24, 2.45) is 5.92 Å². The summed E-state index contributed by atoms with van der Waals surface area (Å²) in [6.07, 6.45) is 2.25. The molecule has 2 aromatic rings. The third-order valence-electron chi connectivity index (χ3n) is 3.99. The highest BCUT2D eigenvalue weighted by molar-refractivity contribution is 5.89. The Labute approximate surface area is 106 Å². The second-order valence-corrected chi connectivity index (χ2v) is 5.36. The number of fused-ring (bicyclic) bond motifs is 3. The van der Waals surface area contributed by atoms with Crippen molar-refractivity contribution < 1.29 is 9.90 Å². The molecule has 0 aliphatic heterocycles. The summed E-state index contributed by atoms with van der Waals surface area (Å²) in [5.74, 6) is -0.892. The van der Waals surface area contributed by atoms with Crippen molar-refractivity contribution in [3.63, 3.8) is 0 Å². The van der Waals surface area contributed by atoms with Crippen molar-refractivity contribution >= 4 is 16.9 Å². The number of hydrogen-bond acceptors (Lipinski definition) is 1. The molecule has 1 atom stereocenters. The molecule has 0 radical (unpaired) electrons. The summed E-state index contributed by atoms with van der Waals surface area (Å²) in [5.41, 5.74) is 6.11. The lowest BCUT2D eigenvalue weighted by atomic mass is 9.86. The number of H-pyrrole nitrogens is 1. The van der Waals surface area contributed by atoms with Crippen LogP contribution in [-0.4, -0.2) is 16.1 Å². The molecular formula is C15H17NO2. The second kappa shape index (κ2) is 3.87. The lowest BCUT2D eigenvalue weighted by Gasteiger charge is -2.18. The fourth-order valence-corrected chi connectivity index (χ4v) is 3.08. The summed E-state index contributed by atoms with van der Waals surface area (Å²) in [6, 6.07) is 4.33. The number of carboxylic acids is 1. The highest BCUT2D eigenvalue weighted by atomic mass is 16.4. The molecular weight excluding hydrogens is 226 g/mol. The van der Waals surface area contributed by atoms with E-state index in [2.05, 4.69) is 31.0 Å². The maximum atomic E-state index is 11.1. The van der Waals surface area contributed by atoms with Crippen LogP contribution in [0.5, 0.6) is 0 Å². The van der Waals surface area contributed by atoms with Gasteiger partial charge in [0.25, 0.3) is 0 Å². The van der Waals surface area contributed by atoms with Gasteiger partial charge in [0.05, 0.1) is 5.92 Å². The molecule has 1 aromatic heterocycles. The second-order valence-electron chi connectivity index (χ2n) is 5.36. The number of aryl methyl sites for hydroxylation is 3. The first-order chi connectivity index (χ1) is 8.56. The van der Waals surface area contributed by atoms with Gasteiger partial charge < -0.3 is 10.1 Å². The van der Waals surface area contributed by atoms with Gasteiger partial charge in [0.1, 0.15) is 0 Å². The van der Waals surface area contributed by atoms with E-state index in [4.69, 9.17) is 0 Å². The van der Waals surface area contributed by atoms with Crippen molar-refractivity contribution in [1.82, 2.24) is 4.98 Å². The average molecular weight is 243 g/mol. The zero-order chi connectivity index (χ0) is 12.9. The van der Waals surface area contributed by atoms with Crippen LogP contribution in [0.1, 0.15) is 28.8 Å². The van der Waals surface area contributed by atoms with Crippen LogP contribution in [0.15, 0.2) is 12.1 Å². The summed E-state index contributed by atoms with van der Waals surface area (Å²) in [5, 5.41) is 10.4. The smallest absolute Gasteiger partial charge is 0.306 e. The SMILES string of the molecule is Cc1cc(C)c2[nH]c3c(c2c1)CC(C(=O)O)CC3. The van der Waals surface area contributed by atoms with Gasteiger partial charge in [0.15, 0.2) is 0 Å². The molecule has 0 amide bonds. The number of hydrogen-bond donors (Lipinski definition) is 2. The molecule has 18 heavy (non-hydrogen) atoms. The van der Waals surface area contributed by atoms with Gasteiger partial charge in [-0.15, -0.1) is 0 Å². The van der Waals surface area contributed by atoms with Crippen molar-refractivity contribution in [1.29, 1.82) is 0 Å². The monoisotopic (exact) mass is 243 g/mol. The van der Waals surface area contributed by atoms with Gasteiger partial charge in [-0.05, 0) is 50.3 Å². The topological polar surface area (TPSA) is 53.1 Å². The van der Waals surface area contributed by atoms with E-state index >= 15 is 0 Å². The van der Waals surface area contributed by atoms with Crippen LogP contribution < -0.4 is 0 Å². The van der Waals surface area contributed by atoms with Crippen LogP contribution in [0.25, 0.3) is 10.9 Å². The molecule has 1 aliphatic carbocycles. The molecule has 1 aromatic carbocycles. The summed E-state index contributed by atoms with van der Waals surface area (Å²) >= 11 is 0. The van der Waals surface area contributed by atoms with E-state index in [9.17, 15) is 9.90 Å². The minimum absolute atomic E-state index is 0.225. The predicted molar refractivity (Wildman–Crippen MR) is 70.9 cm³/mol. The minimum atomic E-state index is -0.667. The van der Waals surface area contributed by atoms with Crippen LogP contribution in [0.4, 0.5) is 0 Å². The number of carbonyl (C=O) groups is 1. The van der Waals surface area contributed by atoms with Crippen molar-refractivity contribution in [3.8, 4) is 0 Å². The highest BCUT2D eigenvalue weighted by Gasteiger charge is 2.27. The first-order valence-electron chi connectivity index (χ1n) is 6.39. The number of rotatable bonds is 1. The molecule has 3 heteroatoms. The summed E-state index contributed by atoms with van der Waals surface area (Å²) in [4.78, 5) is 14.6. The van der Waals surface area contributed by atoms with Gasteiger partial charge in [0, 0.05) is 16.6 Å². The Morgan fingerprint density at radius 3 is 2.89 bits per heavy atom. The quantitative estimate of drug-likeness (QED) is 0.809. The number of aromatic nitrogens is 1. The molecule has 0 saturated heterocycles. The van der Waals surface area contributed by atoms with Crippen LogP contribution >= 0.6 is 0 Å². The number of benzene rings is 1. The predicted octanol–water partition coefficient (Wildman–Crippen LogP) is 2.97. The largest absolute Gasteiger partial charge is 0.481 e. The van der Waals surface area contributed by atoms with E-state index in [0.29, 0.717) is 6.42 Å². The van der Waals surface area contributed by atoms with E-state index in [1.807, 2.05) is 0 Å². The molecule has 3 nitrogen and oxygen atoms in total. The number of nitrogens with one attached hydrogen (secondary N) is 1. The van der Waals surface area contributed by atoms with Crippen molar-refractivity contribution in [2.75, 3.05) is 0 Å². The number of aromatic amines is 1. The zero-order valence-corrected chi connectivity index (χ0v) is 10.7. The fraction of sp³-hybridized carbons (Fsp3) is 0.400. The van der Waals surface area contributed by atoms with Crippen LogP contribution in [0, 0.1) is 19.8 Å². The maximum absolute atomic E-state index is 11.1. The van der Waals surface area contributed by atoms with E-state index in [0.717, 1.165) is 12.8 Å². The van der Waals surface area contributed by atoms with Crippen molar-refractivity contribution in [2.45, 2.75) is 33.1 Å². The molecule has 0 saturated carbocycles. The molecule has 3 rings (SSSR count). The fourth-order valence-electron chi connectivity index (χ4n) is 3.08. The minimum Gasteiger partial charge on any atom is -0.481 e. The van der Waals surface area contributed by atoms with E-state index in [-0.39, 0.29) is 5.92 Å². The third kappa shape index (κ3) is 1.62. The van der Waals surface area contributed by atoms with Crippen molar-refractivity contribution in [3.05, 3.63) is 34.5 Å². The molecule has 1 heterocycles. The molecule has 1 aliphatic rings. The Morgan fingerprint density at radius 1 is 1.39 bits per heavy atom. The van der Waals surface area contributed by atoms with Crippen LogP contribution in [0.2, 0.25) is 0 Å². The molecule has 94 valence electrons. The standard InChI is InChI=1S/C15H17NO2/c1-8-5-9(2)14-12(6-8)11-7-10(15(17)18)3-4-13(11)16-14/h5-6,10,16H,3-4,7H2,1-2H3,(H,17,18). The van der Waals surface area contributed by atoms with Gasteiger partial charge in [0.2, 0.25) is 0 Å². The third-order valence-corrected chi connectivity index (χ3v) is 3.99. The summed E-state index contributed by atoms with van der Waals surface area (Å²) in [6.45, 7) is 4.19. The van der Waals surface area contributed by atoms with Gasteiger partial charge in [-0.25, -0.2) is 0 Å². The van der Waals surface area contributed by atoms with Gasteiger partial charge in [-0.3, -0.25) is 4.79 Å². The highest BCUT2D eigenvalue weighted by Crippen LogP contribution is 2.33. The first kappa shape index (κ1) is 11.3. The molecule has 0 bridgehead atoms. The summed E-state index contributed by atoms with van der Waals surface area (Å²) < 4.78 is 0. The lowest BCUT2D eigenvalue weighted by molar-refractivity contribution is -0.142. The van der Waals surface area contributed by atoms with Gasteiger partial charge in [-0.1, -0.05) is 11.6 Å². The molecule has 0 spiro atoms. The molecule has 0 fully saturated rings. The Kier molecular flexibility index (Phi) is 2.44. The van der Waals surface area contributed by atoms with Crippen LogP contribution in [0.3, 0.4) is 0 Å². The maximum Gasteiger partial charge on any atom is 0.306 e. The normalized spacial score (nSPS) is 18.9. The first-order valence-corrected chi connectivity index (χ1v) is 6.39. The Bertz CT molecular complexity index is 639. The summed E-state index contributed by atoms with van der Waals surface area (Å²) in [7, 11) is 0. The average Bonchev–Trinajstić information content (AvgIpc) is 2.67. The Hall–Kier alpha value is -1.77. The molecule has 1 unspecified atom stereocenters. The number of carboxylic acid groups (broad SMARTS) is 1. The number of aliphatic carboxylic acids is 1. The van der Waals surface area contributed by atoms with Gasteiger partial charge >= 0.3 is 5.97 Å². The zero-order valence-electron chi connectivity index (χ0n) is 10.7. The lowest BCUT2D eigenvalue weighted by Crippen LogP contribution is -2.21. The van der Waals surface area contributed by atoms with E-state index in [1.165, 1.54) is 33.3 Å². The van der Waals surface area contributed by atoms with Crippen LogP contribution in [-0.2, 0) is 17.6 Å². The van der Waals surface area contributed by atoms with E-state index in [1.54, 1.807) is 0 Å². The van der Waals surface area contributed by atoms with Gasteiger partial charge in [-0.2, -0.15) is 0 Å². The Balaban J connectivity index is 2.18.